The molecule has 3 nitrogen and oxygen atoms in total. The summed E-state index contributed by atoms with van der Waals surface area (Å²) in [7, 11) is 0. The fourth-order valence-corrected chi connectivity index (χ4v) is 1.88. The van der Waals surface area contributed by atoms with Crippen LogP contribution in [0.4, 0.5) is 14.5 Å². The summed E-state index contributed by atoms with van der Waals surface area (Å²) in [6.07, 6.45) is 0.105. The number of nitrogens with zero attached hydrogens (tertiary/aromatic N) is 1. The molecule has 16 heavy (non-hydrogen) atoms. The summed E-state index contributed by atoms with van der Waals surface area (Å²) in [4.78, 5) is 12.2. The van der Waals surface area contributed by atoms with Crippen molar-refractivity contribution in [3.05, 3.63) is 29.8 Å². The Kier molecular flexibility index (Phi) is 2.77. The SMILES string of the molecule is O=C(O)CC1CN(c2cc(F)cc(F)c2)C1. The van der Waals surface area contributed by atoms with Crippen molar-refractivity contribution in [1.29, 1.82) is 0 Å². The molecule has 0 bridgehead atoms. The van der Waals surface area contributed by atoms with Gasteiger partial charge in [-0.15, -0.1) is 0 Å². The first-order valence-corrected chi connectivity index (χ1v) is 4.97. The third-order valence-electron chi connectivity index (χ3n) is 2.63. The number of halogens is 2. The molecule has 0 saturated carbocycles. The standard InChI is InChI=1S/C11H11F2NO2/c12-8-2-9(13)4-10(3-8)14-5-7(6-14)1-11(15)16/h2-4,7H,1,5-6H2,(H,15,16). The molecule has 0 aromatic heterocycles. The Balaban J connectivity index is 1.98. The van der Waals surface area contributed by atoms with Gasteiger partial charge in [0.25, 0.3) is 0 Å². The molecule has 5 heteroatoms. The van der Waals surface area contributed by atoms with E-state index in [0.29, 0.717) is 18.8 Å². The molecule has 1 aromatic rings. The van der Waals surface area contributed by atoms with Gasteiger partial charge in [-0.3, -0.25) is 4.79 Å². The molecule has 1 N–H and O–H groups in total. The number of carboxylic acid groups (broad SMARTS) is 1. The van der Waals surface area contributed by atoms with Gasteiger partial charge < -0.3 is 10.0 Å². The highest BCUT2D eigenvalue weighted by Crippen LogP contribution is 2.27. The van der Waals surface area contributed by atoms with Crippen LogP contribution in [0.15, 0.2) is 18.2 Å². The van der Waals surface area contributed by atoms with E-state index in [-0.39, 0.29) is 12.3 Å². The van der Waals surface area contributed by atoms with Crippen LogP contribution in [0.2, 0.25) is 0 Å². The van der Waals surface area contributed by atoms with Gasteiger partial charge in [0.2, 0.25) is 0 Å². The second kappa shape index (κ2) is 4.08. The van der Waals surface area contributed by atoms with E-state index in [1.54, 1.807) is 4.90 Å². The van der Waals surface area contributed by atoms with Gasteiger partial charge >= 0.3 is 5.97 Å². The third kappa shape index (κ3) is 2.29. The van der Waals surface area contributed by atoms with Crippen LogP contribution in [0.5, 0.6) is 0 Å². The summed E-state index contributed by atoms with van der Waals surface area (Å²) in [5.74, 6) is -1.99. The van der Waals surface area contributed by atoms with E-state index in [0.717, 1.165) is 6.07 Å². The molecule has 1 aliphatic heterocycles. The molecule has 0 radical (unpaired) electrons. The van der Waals surface area contributed by atoms with Crippen LogP contribution < -0.4 is 4.90 Å². The molecule has 1 fully saturated rings. The molecule has 0 spiro atoms. The molecule has 0 unspecified atom stereocenters. The maximum Gasteiger partial charge on any atom is 0.303 e. The molecule has 2 rings (SSSR count). The number of rotatable bonds is 3. The van der Waals surface area contributed by atoms with Gasteiger partial charge in [0.15, 0.2) is 0 Å². The Labute approximate surface area is 91.3 Å². The number of aliphatic carboxylic acids is 1. The molecular formula is C11H11F2NO2. The Morgan fingerprint density at radius 2 is 1.88 bits per heavy atom. The predicted octanol–water partition coefficient (Wildman–Crippen LogP) is 1.88. The zero-order chi connectivity index (χ0) is 11.7. The molecule has 86 valence electrons. The van der Waals surface area contributed by atoms with Gasteiger partial charge in [0.05, 0.1) is 6.42 Å². The quantitative estimate of drug-likeness (QED) is 0.857. The van der Waals surface area contributed by atoms with Crippen molar-refractivity contribution in [3.63, 3.8) is 0 Å². The fourth-order valence-electron chi connectivity index (χ4n) is 1.88. The Morgan fingerprint density at radius 3 is 2.38 bits per heavy atom. The number of hydrogen-bond acceptors (Lipinski definition) is 2. The van der Waals surface area contributed by atoms with Crippen LogP contribution in [-0.2, 0) is 4.79 Å². The lowest BCUT2D eigenvalue weighted by Crippen LogP contribution is -2.47. The van der Waals surface area contributed by atoms with Crippen LogP contribution in [-0.4, -0.2) is 24.2 Å². The normalized spacial score (nSPS) is 16.0. The van der Waals surface area contributed by atoms with E-state index in [1.165, 1.54) is 12.1 Å². The maximum absolute atomic E-state index is 12.9. The van der Waals surface area contributed by atoms with Gasteiger partial charge in [0, 0.05) is 30.8 Å². The van der Waals surface area contributed by atoms with E-state index in [9.17, 15) is 13.6 Å². The van der Waals surface area contributed by atoms with Gasteiger partial charge in [-0.25, -0.2) is 8.78 Å². The van der Waals surface area contributed by atoms with E-state index >= 15 is 0 Å². The molecular weight excluding hydrogens is 216 g/mol. The Morgan fingerprint density at radius 1 is 1.31 bits per heavy atom. The number of anilines is 1. The summed E-state index contributed by atoms with van der Waals surface area (Å²) in [5, 5.41) is 8.56. The highest BCUT2D eigenvalue weighted by atomic mass is 19.1. The average molecular weight is 227 g/mol. The second-order valence-corrected chi connectivity index (χ2v) is 4.00. The molecule has 1 heterocycles. The lowest BCUT2D eigenvalue weighted by Gasteiger charge is -2.40. The van der Waals surface area contributed by atoms with Crippen molar-refractivity contribution in [1.82, 2.24) is 0 Å². The van der Waals surface area contributed by atoms with Crippen LogP contribution in [0.1, 0.15) is 6.42 Å². The maximum atomic E-state index is 12.9. The second-order valence-electron chi connectivity index (χ2n) is 4.00. The van der Waals surface area contributed by atoms with Crippen molar-refractivity contribution in [3.8, 4) is 0 Å². The molecule has 0 atom stereocenters. The highest BCUT2D eigenvalue weighted by Gasteiger charge is 2.29. The van der Waals surface area contributed by atoms with Crippen molar-refractivity contribution < 1.29 is 18.7 Å². The predicted molar refractivity (Wildman–Crippen MR) is 54.3 cm³/mol. The van der Waals surface area contributed by atoms with Gasteiger partial charge in [0.1, 0.15) is 11.6 Å². The number of carbonyl (C=O) groups is 1. The van der Waals surface area contributed by atoms with Crippen molar-refractivity contribution in [2.24, 2.45) is 5.92 Å². The number of hydrogen-bond donors (Lipinski definition) is 1. The zero-order valence-electron chi connectivity index (χ0n) is 8.49. The van der Waals surface area contributed by atoms with Crippen LogP contribution in [0, 0.1) is 17.6 Å². The number of benzene rings is 1. The number of carboxylic acids is 1. The van der Waals surface area contributed by atoms with E-state index in [2.05, 4.69) is 0 Å². The van der Waals surface area contributed by atoms with E-state index in [4.69, 9.17) is 5.11 Å². The van der Waals surface area contributed by atoms with E-state index < -0.39 is 17.6 Å². The minimum Gasteiger partial charge on any atom is -0.481 e. The third-order valence-corrected chi connectivity index (χ3v) is 2.63. The first-order valence-electron chi connectivity index (χ1n) is 4.97. The molecule has 0 amide bonds. The lowest BCUT2D eigenvalue weighted by atomic mass is 9.95. The van der Waals surface area contributed by atoms with E-state index in [1.807, 2.05) is 0 Å². The van der Waals surface area contributed by atoms with Crippen molar-refractivity contribution >= 4 is 11.7 Å². The molecule has 1 aliphatic rings. The van der Waals surface area contributed by atoms with Gasteiger partial charge in [-0.05, 0) is 12.1 Å². The smallest absolute Gasteiger partial charge is 0.303 e. The first kappa shape index (κ1) is 10.9. The topological polar surface area (TPSA) is 40.5 Å². The minimum absolute atomic E-state index is 0.0730. The summed E-state index contributed by atoms with van der Waals surface area (Å²) < 4.78 is 25.8. The summed E-state index contributed by atoms with van der Waals surface area (Å²) >= 11 is 0. The average Bonchev–Trinajstić information content (AvgIpc) is 2.08. The minimum atomic E-state index is -0.838. The molecule has 0 aliphatic carbocycles. The van der Waals surface area contributed by atoms with Crippen LogP contribution in [0.3, 0.4) is 0 Å². The van der Waals surface area contributed by atoms with Crippen LogP contribution in [0.25, 0.3) is 0 Å². The zero-order valence-corrected chi connectivity index (χ0v) is 8.49. The summed E-state index contributed by atoms with van der Waals surface area (Å²) in [6, 6.07) is 3.32. The first-order chi connectivity index (χ1) is 7.54. The fraction of sp³-hybridized carbons (Fsp3) is 0.364. The Hall–Kier alpha value is -1.65. The van der Waals surface area contributed by atoms with Crippen molar-refractivity contribution in [2.75, 3.05) is 18.0 Å². The van der Waals surface area contributed by atoms with Gasteiger partial charge in [-0.1, -0.05) is 0 Å². The summed E-state index contributed by atoms with van der Waals surface area (Å²) in [6.45, 7) is 1.07. The van der Waals surface area contributed by atoms with Gasteiger partial charge in [-0.2, -0.15) is 0 Å². The monoisotopic (exact) mass is 227 g/mol. The lowest BCUT2D eigenvalue weighted by molar-refractivity contribution is -0.138. The molecule has 1 saturated heterocycles. The van der Waals surface area contributed by atoms with Crippen molar-refractivity contribution in [2.45, 2.75) is 6.42 Å². The summed E-state index contributed by atoms with van der Waals surface area (Å²) in [5.41, 5.74) is 0.471. The molecule has 1 aromatic carbocycles. The van der Waals surface area contributed by atoms with Crippen LogP contribution >= 0.6 is 0 Å². The Bertz CT molecular complexity index is 396. The highest BCUT2D eigenvalue weighted by molar-refractivity contribution is 5.67. The largest absolute Gasteiger partial charge is 0.481 e.